The Balaban J connectivity index is 1.88. The van der Waals surface area contributed by atoms with Crippen molar-refractivity contribution >= 4 is 11.9 Å². The van der Waals surface area contributed by atoms with Gasteiger partial charge < -0.3 is 21.5 Å². The summed E-state index contributed by atoms with van der Waals surface area (Å²) in [7, 11) is 0. The summed E-state index contributed by atoms with van der Waals surface area (Å²) in [4.78, 5) is 15.6. The molecule has 114 valence electrons. The highest BCUT2D eigenvalue weighted by Crippen LogP contribution is 2.27. The molecule has 0 fully saturated rings. The number of nitrogens with one attached hydrogen (secondary N) is 1. The molecule has 5 N–H and O–H groups in total. The van der Waals surface area contributed by atoms with Gasteiger partial charge in [0.1, 0.15) is 6.10 Å². The van der Waals surface area contributed by atoms with Crippen molar-refractivity contribution in [2.24, 2.45) is 22.4 Å². The zero-order valence-corrected chi connectivity index (χ0v) is 12.2. The van der Waals surface area contributed by atoms with Crippen LogP contribution in [-0.2, 0) is 9.53 Å². The van der Waals surface area contributed by atoms with Crippen molar-refractivity contribution in [1.82, 2.24) is 5.32 Å². The Hall–Kier alpha value is -2.24. The van der Waals surface area contributed by atoms with Crippen LogP contribution < -0.4 is 16.8 Å². The number of nitrogens with zero attached hydrogens (tertiary/aromatic N) is 1. The minimum Gasteiger partial charge on any atom is -0.454 e. The summed E-state index contributed by atoms with van der Waals surface area (Å²) < 4.78 is 5.29. The number of rotatable bonds is 6. The van der Waals surface area contributed by atoms with Gasteiger partial charge >= 0.3 is 5.97 Å². The first kappa shape index (κ1) is 15.2. The molecule has 0 aromatic rings. The second-order valence-corrected chi connectivity index (χ2v) is 5.29. The first-order valence-electron chi connectivity index (χ1n) is 7.15. The molecule has 1 heterocycles. The average Bonchev–Trinajstić information content (AvgIpc) is 2.43. The van der Waals surface area contributed by atoms with Crippen LogP contribution in [0, 0.1) is 5.92 Å². The summed E-state index contributed by atoms with van der Waals surface area (Å²) in [5.41, 5.74) is 11.5. The zero-order chi connectivity index (χ0) is 15.2. The molecule has 21 heavy (non-hydrogen) atoms. The number of hydrogen-bond donors (Lipinski definition) is 3. The van der Waals surface area contributed by atoms with E-state index in [1.165, 1.54) is 6.08 Å². The van der Waals surface area contributed by atoms with Gasteiger partial charge in [0.15, 0.2) is 5.96 Å². The minimum absolute atomic E-state index is 0.0767. The van der Waals surface area contributed by atoms with Crippen molar-refractivity contribution in [1.29, 1.82) is 0 Å². The van der Waals surface area contributed by atoms with Crippen LogP contribution >= 0.6 is 0 Å². The molecule has 0 radical (unpaired) electrons. The standard InChI is InChI=1S/C15H22N4O2/c1-10(5-4-8-18-15(16)17)19-12-9-14(20)21-13-7-3-2-6-11(12)13/h2-3,6-7,9-11,13,19H,4-5,8H2,1H3,(H4,16,17,18)/t10-,11?,13?/m1/s1. The Morgan fingerprint density at radius 3 is 2.95 bits per heavy atom. The highest BCUT2D eigenvalue weighted by Gasteiger charge is 2.30. The van der Waals surface area contributed by atoms with Crippen molar-refractivity contribution in [3.05, 3.63) is 36.1 Å². The Morgan fingerprint density at radius 2 is 2.19 bits per heavy atom. The van der Waals surface area contributed by atoms with E-state index >= 15 is 0 Å². The molecule has 6 nitrogen and oxygen atoms in total. The molecule has 2 unspecified atom stereocenters. The van der Waals surface area contributed by atoms with Gasteiger partial charge in [0.2, 0.25) is 0 Å². The van der Waals surface area contributed by atoms with Crippen molar-refractivity contribution in [2.45, 2.75) is 31.9 Å². The maximum Gasteiger partial charge on any atom is 0.333 e. The van der Waals surface area contributed by atoms with E-state index < -0.39 is 0 Å². The number of ether oxygens (including phenoxy) is 1. The quantitative estimate of drug-likeness (QED) is 0.287. The minimum atomic E-state index is -0.300. The molecular formula is C15H22N4O2. The Bertz CT molecular complexity index is 504. The maximum atomic E-state index is 11.6. The predicted molar refractivity (Wildman–Crippen MR) is 82.2 cm³/mol. The highest BCUT2D eigenvalue weighted by atomic mass is 16.5. The summed E-state index contributed by atoms with van der Waals surface area (Å²) in [6.07, 6.45) is 11.0. The van der Waals surface area contributed by atoms with Crippen LogP contribution in [0.3, 0.4) is 0 Å². The summed E-state index contributed by atoms with van der Waals surface area (Å²) in [6.45, 7) is 2.69. The number of allylic oxidation sites excluding steroid dienone is 2. The maximum absolute atomic E-state index is 11.6. The predicted octanol–water partition coefficient (Wildman–Crippen LogP) is 0.570. The van der Waals surface area contributed by atoms with Crippen LogP contribution in [0.1, 0.15) is 19.8 Å². The van der Waals surface area contributed by atoms with Gasteiger partial charge in [0.05, 0.1) is 5.92 Å². The fourth-order valence-corrected chi connectivity index (χ4v) is 2.47. The van der Waals surface area contributed by atoms with E-state index in [-0.39, 0.29) is 30.0 Å². The molecule has 0 spiro atoms. The zero-order valence-electron chi connectivity index (χ0n) is 12.2. The van der Waals surface area contributed by atoms with Gasteiger partial charge in [0.25, 0.3) is 0 Å². The Kier molecular flexibility index (Phi) is 5.03. The van der Waals surface area contributed by atoms with E-state index in [9.17, 15) is 4.79 Å². The van der Waals surface area contributed by atoms with Gasteiger partial charge in [-0.15, -0.1) is 0 Å². The molecule has 1 aliphatic heterocycles. The molecule has 0 aromatic heterocycles. The SMILES string of the molecule is C[C@H](CCCN=C(N)N)NC1=CC(=O)OC2C=CC=CC12. The van der Waals surface area contributed by atoms with Gasteiger partial charge in [0, 0.05) is 24.4 Å². The smallest absolute Gasteiger partial charge is 0.333 e. The summed E-state index contributed by atoms with van der Waals surface area (Å²) in [5.74, 6) is -0.102. The van der Waals surface area contributed by atoms with Crippen LogP contribution in [0.4, 0.5) is 0 Å². The topological polar surface area (TPSA) is 103 Å². The third kappa shape index (κ3) is 4.37. The van der Waals surface area contributed by atoms with Crippen LogP contribution in [0.5, 0.6) is 0 Å². The summed E-state index contributed by atoms with van der Waals surface area (Å²) >= 11 is 0. The van der Waals surface area contributed by atoms with Crippen LogP contribution in [0.2, 0.25) is 0 Å². The number of carbonyl (C=O) groups excluding carboxylic acids is 1. The number of hydrogen-bond acceptors (Lipinski definition) is 4. The Labute approximate surface area is 124 Å². The van der Waals surface area contributed by atoms with E-state index in [0.717, 1.165) is 18.5 Å². The lowest BCUT2D eigenvalue weighted by Gasteiger charge is -2.32. The number of nitrogens with two attached hydrogens (primary N) is 2. The van der Waals surface area contributed by atoms with Gasteiger partial charge in [-0.2, -0.15) is 0 Å². The molecule has 0 saturated carbocycles. The lowest BCUT2D eigenvalue weighted by molar-refractivity contribution is -0.143. The lowest BCUT2D eigenvalue weighted by atomic mass is 9.91. The van der Waals surface area contributed by atoms with E-state index in [2.05, 4.69) is 17.2 Å². The van der Waals surface area contributed by atoms with Crippen LogP contribution in [-0.4, -0.2) is 30.6 Å². The number of esters is 1. The van der Waals surface area contributed by atoms with Gasteiger partial charge in [-0.05, 0) is 25.8 Å². The fraction of sp³-hybridized carbons (Fsp3) is 0.467. The molecule has 0 saturated heterocycles. The molecule has 2 aliphatic rings. The first-order valence-corrected chi connectivity index (χ1v) is 7.15. The van der Waals surface area contributed by atoms with Crippen molar-refractivity contribution in [3.8, 4) is 0 Å². The van der Waals surface area contributed by atoms with Crippen LogP contribution in [0.25, 0.3) is 0 Å². The first-order chi connectivity index (χ1) is 10.1. The molecule has 1 aliphatic carbocycles. The number of aliphatic imine (C=N–C) groups is 1. The molecule has 2 rings (SSSR count). The molecule has 0 amide bonds. The molecular weight excluding hydrogens is 268 g/mol. The lowest BCUT2D eigenvalue weighted by Crippen LogP contribution is -2.39. The monoisotopic (exact) mass is 290 g/mol. The highest BCUT2D eigenvalue weighted by molar-refractivity contribution is 5.84. The molecule has 0 bridgehead atoms. The van der Waals surface area contributed by atoms with E-state index in [1.54, 1.807) is 0 Å². The fourth-order valence-electron chi connectivity index (χ4n) is 2.47. The third-order valence-electron chi connectivity index (χ3n) is 3.47. The van der Waals surface area contributed by atoms with E-state index in [0.29, 0.717) is 6.54 Å². The van der Waals surface area contributed by atoms with E-state index in [4.69, 9.17) is 16.2 Å². The third-order valence-corrected chi connectivity index (χ3v) is 3.47. The molecule has 0 aromatic carbocycles. The number of carbonyl (C=O) groups is 1. The molecule has 3 atom stereocenters. The largest absolute Gasteiger partial charge is 0.454 e. The van der Waals surface area contributed by atoms with Crippen molar-refractivity contribution in [2.75, 3.05) is 6.54 Å². The van der Waals surface area contributed by atoms with Gasteiger partial charge in [-0.1, -0.05) is 18.2 Å². The van der Waals surface area contributed by atoms with Crippen molar-refractivity contribution in [3.63, 3.8) is 0 Å². The Morgan fingerprint density at radius 1 is 1.43 bits per heavy atom. The summed E-state index contributed by atoms with van der Waals surface area (Å²) in [6, 6.07) is 0.233. The normalized spacial score (nSPS) is 24.6. The van der Waals surface area contributed by atoms with Crippen LogP contribution in [0.15, 0.2) is 41.1 Å². The van der Waals surface area contributed by atoms with E-state index in [1.807, 2.05) is 24.3 Å². The van der Waals surface area contributed by atoms with Crippen molar-refractivity contribution < 1.29 is 9.53 Å². The summed E-state index contributed by atoms with van der Waals surface area (Å²) in [5, 5.41) is 3.40. The van der Waals surface area contributed by atoms with Gasteiger partial charge in [-0.3, -0.25) is 4.99 Å². The van der Waals surface area contributed by atoms with Gasteiger partial charge in [-0.25, -0.2) is 4.79 Å². The number of fused-ring (bicyclic) bond motifs is 1. The second kappa shape index (κ2) is 6.97. The molecule has 6 heteroatoms. The number of guanidine groups is 1. The second-order valence-electron chi connectivity index (χ2n) is 5.29. The average molecular weight is 290 g/mol.